The Kier molecular flexibility index (Phi) is 6.41. The first-order valence-corrected chi connectivity index (χ1v) is 12.2. The lowest BCUT2D eigenvalue weighted by atomic mass is 9.74. The van der Waals surface area contributed by atoms with Gasteiger partial charge in [-0.3, -0.25) is 14.4 Å². The van der Waals surface area contributed by atoms with Crippen LogP contribution in [0.3, 0.4) is 0 Å². The lowest BCUT2D eigenvalue weighted by molar-refractivity contribution is -0.288. The summed E-state index contributed by atoms with van der Waals surface area (Å²) in [6.07, 6.45) is -5.37. The van der Waals surface area contributed by atoms with Gasteiger partial charge in [0.2, 0.25) is 0 Å². The molecule has 2 aromatic carbocycles. The lowest BCUT2D eigenvalue weighted by Gasteiger charge is -2.43. The van der Waals surface area contributed by atoms with Gasteiger partial charge in [-0.2, -0.15) is 0 Å². The van der Waals surface area contributed by atoms with Gasteiger partial charge in [0.15, 0.2) is 23.6 Å². The van der Waals surface area contributed by atoms with E-state index in [1.807, 2.05) is 0 Å². The summed E-state index contributed by atoms with van der Waals surface area (Å²) in [5.41, 5.74) is -0.398. The highest BCUT2D eigenvalue weighted by molar-refractivity contribution is 6.30. The molecule has 0 radical (unpaired) electrons. The predicted molar refractivity (Wildman–Crippen MR) is 126 cm³/mol. The first-order chi connectivity index (χ1) is 17.6. The normalized spacial score (nSPS) is 30.9. The summed E-state index contributed by atoms with van der Waals surface area (Å²) in [4.78, 5) is 39.2. The Labute approximate surface area is 212 Å². The Hall–Kier alpha value is -3.15. The van der Waals surface area contributed by atoms with E-state index in [1.165, 1.54) is 12.1 Å². The number of carbonyl (C=O) groups is 3. The summed E-state index contributed by atoms with van der Waals surface area (Å²) >= 11 is 0. The minimum atomic E-state index is -1.17. The molecule has 3 aliphatic rings. The van der Waals surface area contributed by atoms with Crippen molar-refractivity contribution in [2.24, 2.45) is 11.8 Å². The van der Waals surface area contributed by atoms with E-state index in [0.717, 1.165) is 0 Å². The molecular formula is C27H28O10. The molecule has 0 amide bonds. The van der Waals surface area contributed by atoms with E-state index in [0.29, 0.717) is 0 Å². The number of rotatable bonds is 4. The van der Waals surface area contributed by atoms with E-state index >= 15 is 0 Å². The molecule has 196 valence electrons. The Bertz CT molecular complexity index is 1300. The van der Waals surface area contributed by atoms with E-state index in [-0.39, 0.29) is 46.2 Å². The third kappa shape index (κ3) is 3.87. The fraction of sp³-hybridized carbons (Fsp3) is 0.444. The van der Waals surface area contributed by atoms with Crippen LogP contribution in [0.4, 0.5) is 0 Å². The Morgan fingerprint density at radius 1 is 1.00 bits per heavy atom. The van der Waals surface area contributed by atoms with Gasteiger partial charge in [0.05, 0.1) is 29.4 Å². The summed E-state index contributed by atoms with van der Waals surface area (Å²) in [5.74, 6) is -4.38. The Morgan fingerprint density at radius 2 is 1.59 bits per heavy atom. The second-order valence-corrected chi connectivity index (χ2v) is 9.98. The number of ether oxygens (including phenoxy) is 2. The number of carbonyl (C=O) groups excluding carboxylic acids is 3. The van der Waals surface area contributed by atoms with Crippen LogP contribution < -0.4 is 0 Å². The number of phenols is 2. The standard InChI is InChI=1S/C27H28O10/c1-10-21(30)22(31)11(2)36-27(10)37-17-8-12(16(29)9-28)7-15-18(17)26(35)20-19(25(15)34)23(32)13-5-3-4-6-14(13)24(20)33/h3-6,10-12,17,21-22,27-28,30-31,34-35H,7-9H2,1-2H3/t10?,11?,12?,17-,21?,22-,27-/m0/s1. The van der Waals surface area contributed by atoms with Crippen LogP contribution in [0.25, 0.3) is 0 Å². The number of aliphatic hydroxyl groups excluding tert-OH is 3. The molecule has 1 heterocycles. The predicted octanol–water partition coefficient (Wildman–Crippen LogP) is 1.16. The van der Waals surface area contributed by atoms with Crippen molar-refractivity contribution < 1.29 is 49.4 Å². The largest absolute Gasteiger partial charge is 0.507 e. The summed E-state index contributed by atoms with van der Waals surface area (Å²) in [6, 6.07) is 6.09. The zero-order chi connectivity index (χ0) is 26.8. The number of hydrogen-bond acceptors (Lipinski definition) is 10. The van der Waals surface area contributed by atoms with Gasteiger partial charge in [-0.1, -0.05) is 31.2 Å². The molecule has 10 nitrogen and oxygen atoms in total. The zero-order valence-corrected chi connectivity index (χ0v) is 20.2. The minimum absolute atomic E-state index is 0.0173. The van der Waals surface area contributed by atoms with Gasteiger partial charge in [0.1, 0.15) is 24.2 Å². The maximum absolute atomic E-state index is 13.4. The fourth-order valence-corrected chi connectivity index (χ4v) is 5.62. The smallest absolute Gasteiger partial charge is 0.198 e. The molecule has 7 atom stereocenters. The van der Waals surface area contributed by atoms with Crippen LogP contribution >= 0.6 is 0 Å². The number of aromatic hydroxyl groups is 2. The molecule has 1 saturated heterocycles. The molecule has 4 unspecified atom stereocenters. The summed E-state index contributed by atoms with van der Waals surface area (Å²) in [6.45, 7) is 2.41. The van der Waals surface area contributed by atoms with E-state index in [2.05, 4.69) is 0 Å². The number of hydrogen-bond donors (Lipinski definition) is 5. The zero-order valence-electron chi connectivity index (χ0n) is 20.2. The van der Waals surface area contributed by atoms with Crippen molar-refractivity contribution in [1.82, 2.24) is 0 Å². The molecule has 5 rings (SSSR count). The van der Waals surface area contributed by atoms with Gasteiger partial charge in [-0.25, -0.2) is 0 Å². The number of aliphatic hydroxyl groups is 3. The van der Waals surface area contributed by atoms with E-state index in [1.54, 1.807) is 26.0 Å². The van der Waals surface area contributed by atoms with Crippen LogP contribution in [0.15, 0.2) is 24.3 Å². The maximum Gasteiger partial charge on any atom is 0.198 e. The van der Waals surface area contributed by atoms with Crippen LogP contribution in [0, 0.1) is 11.8 Å². The fourth-order valence-electron chi connectivity index (χ4n) is 5.62. The average molecular weight is 513 g/mol. The average Bonchev–Trinajstić information content (AvgIpc) is 2.90. The highest BCUT2D eigenvalue weighted by atomic mass is 16.7. The highest BCUT2D eigenvalue weighted by Crippen LogP contribution is 2.51. The third-order valence-electron chi connectivity index (χ3n) is 7.79. The van der Waals surface area contributed by atoms with E-state index in [4.69, 9.17) is 9.47 Å². The monoisotopic (exact) mass is 512 g/mol. The summed E-state index contributed by atoms with van der Waals surface area (Å²) in [7, 11) is 0. The van der Waals surface area contributed by atoms with Crippen molar-refractivity contribution >= 4 is 17.3 Å². The van der Waals surface area contributed by atoms with Crippen LogP contribution in [-0.4, -0.2) is 74.1 Å². The molecule has 2 aliphatic carbocycles. The van der Waals surface area contributed by atoms with Crippen molar-refractivity contribution in [2.75, 3.05) is 6.61 Å². The number of fused-ring (bicyclic) bond motifs is 3. The molecule has 0 bridgehead atoms. The summed E-state index contributed by atoms with van der Waals surface area (Å²) < 4.78 is 11.9. The van der Waals surface area contributed by atoms with Crippen molar-refractivity contribution in [3.63, 3.8) is 0 Å². The van der Waals surface area contributed by atoms with Gasteiger partial charge in [0, 0.05) is 34.1 Å². The molecule has 0 spiro atoms. The second-order valence-electron chi connectivity index (χ2n) is 9.98. The Balaban J connectivity index is 1.65. The molecule has 1 fully saturated rings. The van der Waals surface area contributed by atoms with Crippen molar-refractivity contribution in [2.45, 2.75) is 57.4 Å². The molecule has 10 heteroatoms. The van der Waals surface area contributed by atoms with Crippen molar-refractivity contribution in [3.8, 4) is 11.5 Å². The van der Waals surface area contributed by atoms with Gasteiger partial charge >= 0.3 is 0 Å². The number of Topliss-reactive ketones (excluding diaryl/α,β-unsaturated/α-hetero) is 1. The van der Waals surface area contributed by atoms with E-state index in [9.17, 15) is 39.9 Å². The first kappa shape index (κ1) is 25.5. The van der Waals surface area contributed by atoms with Crippen molar-refractivity contribution in [3.05, 3.63) is 57.6 Å². The quantitative estimate of drug-likeness (QED) is 0.320. The number of ketones is 3. The van der Waals surface area contributed by atoms with Gasteiger partial charge in [0.25, 0.3) is 0 Å². The highest BCUT2D eigenvalue weighted by Gasteiger charge is 2.46. The number of phenolic OH excluding ortho intramolecular Hbond substituents is 2. The van der Waals surface area contributed by atoms with Gasteiger partial charge < -0.3 is 35.0 Å². The molecular weight excluding hydrogens is 484 g/mol. The minimum Gasteiger partial charge on any atom is -0.507 e. The summed E-state index contributed by atoms with van der Waals surface area (Å²) in [5, 5.41) is 52.7. The topological polar surface area (TPSA) is 171 Å². The van der Waals surface area contributed by atoms with Gasteiger partial charge in [-0.05, 0) is 19.8 Å². The second kappa shape index (κ2) is 9.30. The molecule has 37 heavy (non-hydrogen) atoms. The van der Waals surface area contributed by atoms with Crippen LogP contribution in [0.5, 0.6) is 11.5 Å². The van der Waals surface area contributed by atoms with Crippen molar-refractivity contribution in [1.29, 1.82) is 0 Å². The third-order valence-corrected chi connectivity index (χ3v) is 7.79. The number of benzene rings is 2. The van der Waals surface area contributed by atoms with Crippen LogP contribution in [0.1, 0.15) is 69.3 Å². The molecule has 5 N–H and O–H groups in total. The Morgan fingerprint density at radius 3 is 2.19 bits per heavy atom. The van der Waals surface area contributed by atoms with Crippen LogP contribution in [0.2, 0.25) is 0 Å². The maximum atomic E-state index is 13.4. The molecule has 1 aliphatic heterocycles. The van der Waals surface area contributed by atoms with Crippen LogP contribution in [-0.2, 0) is 20.7 Å². The SMILES string of the molecule is CC1C(O)[C@@H](O)C(C)O[C@H]1O[C@H]1CC(C(=O)CO)Cc2c(O)c3c(c(O)c21)C(=O)c1ccccc1C3=O. The van der Waals surface area contributed by atoms with E-state index < -0.39 is 78.0 Å². The molecule has 2 aromatic rings. The lowest BCUT2D eigenvalue weighted by Crippen LogP contribution is -2.53. The molecule has 0 saturated carbocycles. The van der Waals surface area contributed by atoms with Gasteiger partial charge in [-0.15, -0.1) is 0 Å². The first-order valence-electron chi connectivity index (χ1n) is 12.2. The molecule has 0 aromatic heterocycles.